The number of aromatic nitrogens is 2. The first-order valence-electron chi connectivity index (χ1n) is 5.65. The van der Waals surface area contributed by atoms with Gasteiger partial charge in [0.25, 0.3) is 0 Å². The van der Waals surface area contributed by atoms with Crippen LogP contribution in [0.4, 0.5) is 10.5 Å². The maximum atomic E-state index is 12.1. The average Bonchev–Trinajstić information content (AvgIpc) is 2.38. The SMILES string of the molecule is O=C(O)Nc1cccc(C(=O)Cc2ccnc(Cl)n2)c1. The lowest BCUT2D eigenvalue weighted by Gasteiger charge is -2.04. The van der Waals surface area contributed by atoms with E-state index >= 15 is 0 Å². The summed E-state index contributed by atoms with van der Waals surface area (Å²) in [5.74, 6) is -0.186. The number of nitrogens with zero attached hydrogens (tertiary/aromatic N) is 2. The molecule has 0 spiro atoms. The molecule has 0 bridgehead atoms. The monoisotopic (exact) mass is 291 g/mol. The number of amides is 1. The summed E-state index contributed by atoms with van der Waals surface area (Å²) >= 11 is 5.65. The van der Waals surface area contributed by atoms with Crippen LogP contribution >= 0.6 is 11.6 Å². The van der Waals surface area contributed by atoms with Crippen LogP contribution in [0, 0.1) is 0 Å². The highest BCUT2D eigenvalue weighted by Gasteiger charge is 2.10. The van der Waals surface area contributed by atoms with Crippen molar-refractivity contribution in [2.75, 3.05) is 5.32 Å². The molecule has 20 heavy (non-hydrogen) atoms. The Balaban J connectivity index is 2.15. The molecule has 0 saturated carbocycles. The van der Waals surface area contributed by atoms with Crippen LogP contribution < -0.4 is 5.32 Å². The molecule has 6 nitrogen and oxygen atoms in total. The highest BCUT2D eigenvalue weighted by atomic mass is 35.5. The van der Waals surface area contributed by atoms with E-state index in [2.05, 4.69) is 15.3 Å². The summed E-state index contributed by atoms with van der Waals surface area (Å²) < 4.78 is 0. The minimum absolute atomic E-state index is 0.0682. The third-order valence-electron chi connectivity index (χ3n) is 2.46. The van der Waals surface area contributed by atoms with Gasteiger partial charge in [-0.2, -0.15) is 0 Å². The van der Waals surface area contributed by atoms with Crippen LogP contribution in [0.3, 0.4) is 0 Å². The van der Waals surface area contributed by atoms with E-state index < -0.39 is 6.09 Å². The van der Waals surface area contributed by atoms with Crippen molar-refractivity contribution in [3.63, 3.8) is 0 Å². The highest BCUT2D eigenvalue weighted by molar-refractivity contribution is 6.28. The first kappa shape index (κ1) is 14.0. The molecular formula is C13H10ClN3O3. The predicted molar refractivity (Wildman–Crippen MR) is 73.2 cm³/mol. The number of rotatable bonds is 4. The number of carbonyl (C=O) groups excluding carboxylic acids is 1. The van der Waals surface area contributed by atoms with E-state index in [9.17, 15) is 9.59 Å². The van der Waals surface area contributed by atoms with Gasteiger partial charge in [-0.15, -0.1) is 0 Å². The number of carbonyl (C=O) groups is 2. The van der Waals surface area contributed by atoms with Gasteiger partial charge in [-0.25, -0.2) is 14.8 Å². The zero-order chi connectivity index (χ0) is 14.5. The Bertz CT molecular complexity index is 661. The molecule has 0 unspecified atom stereocenters. The molecule has 0 fully saturated rings. The Morgan fingerprint density at radius 1 is 1.30 bits per heavy atom. The number of anilines is 1. The van der Waals surface area contributed by atoms with Gasteiger partial charge in [-0.3, -0.25) is 10.1 Å². The number of nitrogens with one attached hydrogen (secondary N) is 1. The summed E-state index contributed by atoms with van der Waals surface area (Å²) in [6.45, 7) is 0. The molecule has 0 aliphatic carbocycles. The van der Waals surface area contributed by atoms with Gasteiger partial charge < -0.3 is 5.11 Å². The van der Waals surface area contributed by atoms with Crippen LogP contribution in [0.25, 0.3) is 0 Å². The zero-order valence-electron chi connectivity index (χ0n) is 10.2. The zero-order valence-corrected chi connectivity index (χ0v) is 11.0. The number of carboxylic acid groups (broad SMARTS) is 1. The van der Waals surface area contributed by atoms with Crippen molar-refractivity contribution in [1.29, 1.82) is 0 Å². The summed E-state index contributed by atoms with van der Waals surface area (Å²) in [7, 11) is 0. The molecule has 102 valence electrons. The maximum Gasteiger partial charge on any atom is 0.409 e. The van der Waals surface area contributed by atoms with Gasteiger partial charge in [0.15, 0.2) is 5.78 Å². The molecule has 1 amide bonds. The molecule has 2 aromatic rings. The number of benzene rings is 1. The second-order valence-electron chi connectivity index (χ2n) is 3.93. The van der Waals surface area contributed by atoms with Crippen molar-refractivity contribution >= 4 is 29.2 Å². The molecular weight excluding hydrogens is 282 g/mol. The molecule has 0 aliphatic heterocycles. The van der Waals surface area contributed by atoms with Gasteiger partial charge >= 0.3 is 6.09 Å². The third-order valence-corrected chi connectivity index (χ3v) is 2.64. The Kier molecular flexibility index (Phi) is 4.27. The van der Waals surface area contributed by atoms with E-state index in [1.54, 1.807) is 24.3 Å². The van der Waals surface area contributed by atoms with Crippen LogP contribution in [-0.4, -0.2) is 27.0 Å². The minimum atomic E-state index is -1.18. The Morgan fingerprint density at radius 2 is 2.10 bits per heavy atom. The Labute approximate surface area is 119 Å². The van der Waals surface area contributed by atoms with E-state index in [0.717, 1.165) is 0 Å². The van der Waals surface area contributed by atoms with Crippen molar-refractivity contribution in [2.45, 2.75) is 6.42 Å². The first-order chi connectivity index (χ1) is 9.54. The smallest absolute Gasteiger partial charge is 0.409 e. The van der Waals surface area contributed by atoms with E-state index in [1.807, 2.05) is 0 Å². The lowest BCUT2D eigenvalue weighted by molar-refractivity contribution is 0.0992. The topological polar surface area (TPSA) is 92.2 Å². The number of ketones is 1. The van der Waals surface area contributed by atoms with Crippen molar-refractivity contribution in [3.8, 4) is 0 Å². The molecule has 7 heteroatoms. The van der Waals surface area contributed by atoms with Crippen molar-refractivity contribution in [2.24, 2.45) is 0 Å². The molecule has 0 radical (unpaired) electrons. The number of Topliss-reactive ketones (excluding diaryl/α,β-unsaturated/α-hetero) is 1. The fourth-order valence-corrected chi connectivity index (χ4v) is 1.79. The van der Waals surface area contributed by atoms with Gasteiger partial charge in [0.05, 0.1) is 12.1 Å². The minimum Gasteiger partial charge on any atom is -0.465 e. The van der Waals surface area contributed by atoms with Crippen LogP contribution in [0.1, 0.15) is 16.1 Å². The lowest BCUT2D eigenvalue weighted by atomic mass is 10.1. The Hall–Kier alpha value is -2.47. The summed E-state index contributed by atoms with van der Waals surface area (Å²) in [6.07, 6.45) is 0.358. The van der Waals surface area contributed by atoms with Crippen molar-refractivity contribution in [1.82, 2.24) is 9.97 Å². The second-order valence-corrected chi connectivity index (χ2v) is 4.27. The quantitative estimate of drug-likeness (QED) is 0.667. The molecule has 2 N–H and O–H groups in total. The van der Waals surface area contributed by atoms with Gasteiger partial charge in [0, 0.05) is 17.4 Å². The van der Waals surface area contributed by atoms with E-state index in [0.29, 0.717) is 16.9 Å². The van der Waals surface area contributed by atoms with Gasteiger partial charge in [-0.1, -0.05) is 12.1 Å². The van der Waals surface area contributed by atoms with Crippen LogP contribution in [-0.2, 0) is 6.42 Å². The number of hydrogen-bond acceptors (Lipinski definition) is 4. The Morgan fingerprint density at radius 3 is 2.80 bits per heavy atom. The molecule has 2 rings (SSSR count). The standard InChI is InChI=1S/C13H10ClN3O3/c14-12-15-5-4-10(16-12)7-11(18)8-2-1-3-9(6-8)17-13(19)20/h1-6,17H,7H2,(H,19,20). The van der Waals surface area contributed by atoms with Crippen LogP contribution in [0.5, 0.6) is 0 Å². The number of hydrogen-bond donors (Lipinski definition) is 2. The fourth-order valence-electron chi connectivity index (χ4n) is 1.63. The van der Waals surface area contributed by atoms with E-state index in [-0.39, 0.29) is 17.5 Å². The maximum absolute atomic E-state index is 12.1. The summed E-state index contributed by atoms with van der Waals surface area (Å²) in [5, 5.41) is 10.9. The third kappa shape index (κ3) is 3.76. The highest BCUT2D eigenvalue weighted by Crippen LogP contribution is 2.13. The van der Waals surface area contributed by atoms with Crippen molar-refractivity contribution in [3.05, 3.63) is 53.1 Å². The molecule has 0 atom stereocenters. The molecule has 0 aliphatic rings. The van der Waals surface area contributed by atoms with E-state index in [1.165, 1.54) is 12.3 Å². The largest absolute Gasteiger partial charge is 0.465 e. The molecule has 1 aromatic carbocycles. The summed E-state index contributed by atoms with van der Waals surface area (Å²) in [4.78, 5) is 30.3. The van der Waals surface area contributed by atoms with Gasteiger partial charge in [0.1, 0.15) is 0 Å². The number of halogens is 1. The average molecular weight is 292 g/mol. The van der Waals surface area contributed by atoms with Crippen LogP contribution in [0.15, 0.2) is 36.5 Å². The summed E-state index contributed by atoms with van der Waals surface area (Å²) in [5.41, 5.74) is 1.24. The normalized spacial score (nSPS) is 10.1. The summed E-state index contributed by atoms with van der Waals surface area (Å²) in [6, 6.07) is 7.85. The fraction of sp³-hybridized carbons (Fsp3) is 0.0769. The van der Waals surface area contributed by atoms with Gasteiger partial charge in [0.2, 0.25) is 5.28 Å². The van der Waals surface area contributed by atoms with Gasteiger partial charge in [-0.05, 0) is 29.8 Å². The van der Waals surface area contributed by atoms with E-state index in [4.69, 9.17) is 16.7 Å². The lowest BCUT2D eigenvalue weighted by Crippen LogP contribution is -2.09. The van der Waals surface area contributed by atoms with Crippen molar-refractivity contribution < 1.29 is 14.7 Å². The predicted octanol–water partition coefficient (Wildman–Crippen LogP) is 2.65. The molecule has 1 heterocycles. The van der Waals surface area contributed by atoms with Crippen LogP contribution in [0.2, 0.25) is 5.28 Å². The first-order valence-corrected chi connectivity index (χ1v) is 6.03. The molecule has 0 saturated heterocycles. The second kappa shape index (κ2) is 6.12. The molecule has 1 aromatic heterocycles.